The number of nitrogens with zero attached hydrogens (tertiary/aromatic N) is 2. The molecule has 2 heterocycles. The van der Waals surface area contributed by atoms with Gasteiger partial charge in [-0.3, -0.25) is 9.59 Å². The Kier molecular flexibility index (Phi) is 2.94. The van der Waals surface area contributed by atoms with Crippen LogP contribution in [0, 0.1) is 5.41 Å². The van der Waals surface area contributed by atoms with Crippen LogP contribution in [0.5, 0.6) is 0 Å². The number of primary amides is 1. The van der Waals surface area contributed by atoms with Crippen LogP contribution >= 0.6 is 0 Å². The molecule has 1 aromatic rings. The van der Waals surface area contributed by atoms with E-state index in [1.165, 1.54) is 6.07 Å². The average Bonchev–Trinajstić information content (AvgIpc) is 2.73. The first-order valence-corrected chi connectivity index (χ1v) is 5.67. The topological polar surface area (TPSA) is 96.5 Å². The molecule has 0 aromatic carbocycles. The second-order valence-electron chi connectivity index (χ2n) is 4.78. The van der Waals surface area contributed by atoms with Crippen molar-refractivity contribution in [3.8, 4) is 0 Å². The second kappa shape index (κ2) is 4.29. The fourth-order valence-electron chi connectivity index (χ4n) is 2.07. The minimum absolute atomic E-state index is 0.191. The highest BCUT2D eigenvalue weighted by molar-refractivity contribution is 5.91. The minimum atomic E-state index is -0.809. The molecule has 2 rings (SSSR count). The van der Waals surface area contributed by atoms with Gasteiger partial charge in [0.15, 0.2) is 0 Å². The van der Waals surface area contributed by atoms with E-state index in [4.69, 9.17) is 10.8 Å². The molecule has 18 heavy (non-hydrogen) atoms. The Morgan fingerprint density at radius 1 is 1.50 bits per heavy atom. The van der Waals surface area contributed by atoms with Gasteiger partial charge < -0.3 is 15.7 Å². The van der Waals surface area contributed by atoms with Gasteiger partial charge >= 0.3 is 5.97 Å². The second-order valence-corrected chi connectivity index (χ2v) is 4.78. The van der Waals surface area contributed by atoms with Gasteiger partial charge in [0, 0.05) is 13.1 Å². The third-order valence-corrected chi connectivity index (χ3v) is 3.30. The van der Waals surface area contributed by atoms with E-state index in [-0.39, 0.29) is 5.69 Å². The zero-order valence-corrected chi connectivity index (χ0v) is 10.1. The fraction of sp³-hybridized carbons (Fsp3) is 0.417. The Hall–Kier alpha value is -2.11. The summed E-state index contributed by atoms with van der Waals surface area (Å²) >= 11 is 0. The summed E-state index contributed by atoms with van der Waals surface area (Å²) < 4.78 is 0. The van der Waals surface area contributed by atoms with E-state index in [1.807, 2.05) is 4.90 Å². The Morgan fingerprint density at radius 2 is 2.22 bits per heavy atom. The first kappa shape index (κ1) is 12.3. The number of rotatable bonds is 3. The summed E-state index contributed by atoms with van der Waals surface area (Å²) in [4.78, 5) is 28.2. The van der Waals surface area contributed by atoms with E-state index in [2.05, 4.69) is 4.98 Å². The maximum absolute atomic E-state index is 11.2. The zero-order valence-electron chi connectivity index (χ0n) is 10.1. The number of hydrogen-bond donors (Lipinski definition) is 2. The van der Waals surface area contributed by atoms with Crippen LogP contribution < -0.4 is 10.6 Å². The predicted molar refractivity (Wildman–Crippen MR) is 65.3 cm³/mol. The Morgan fingerprint density at radius 3 is 2.78 bits per heavy atom. The molecule has 1 saturated heterocycles. The number of amides is 1. The lowest BCUT2D eigenvalue weighted by atomic mass is 9.90. The Bertz CT molecular complexity index is 503. The quantitative estimate of drug-likeness (QED) is 0.812. The highest BCUT2D eigenvalue weighted by Crippen LogP contribution is 2.32. The molecule has 6 nitrogen and oxygen atoms in total. The zero-order chi connectivity index (χ0) is 13.3. The van der Waals surface area contributed by atoms with Crippen molar-refractivity contribution in [3.63, 3.8) is 0 Å². The van der Waals surface area contributed by atoms with Crippen LogP contribution in [0.15, 0.2) is 18.2 Å². The maximum atomic E-state index is 11.2. The number of hydrogen-bond acceptors (Lipinski definition) is 4. The number of carboxylic acid groups (broad SMARTS) is 1. The third-order valence-electron chi connectivity index (χ3n) is 3.30. The molecule has 0 spiro atoms. The number of carboxylic acids is 1. The van der Waals surface area contributed by atoms with E-state index >= 15 is 0 Å². The lowest BCUT2D eigenvalue weighted by Gasteiger charge is -2.21. The third kappa shape index (κ3) is 2.13. The van der Waals surface area contributed by atoms with Gasteiger partial charge in [-0.2, -0.15) is 0 Å². The van der Waals surface area contributed by atoms with E-state index in [9.17, 15) is 9.59 Å². The lowest BCUT2D eigenvalue weighted by Crippen LogP contribution is -2.32. The maximum Gasteiger partial charge on any atom is 0.311 e. The highest BCUT2D eigenvalue weighted by atomic mass is 16.4. The molecule has 1 aliphatic heterocycles. The largest absolute Gasteiger partial charge is 0.481 e. The van der Waals surface area contributed by atoms with E-state index in [1.54, 1.807) is 19.1 Å². The normalized spacial score (nSPS) is 23.1. The summed E-state index contributed by atoms with van der Waals surface area (Å²) in [5, 5.41) is 9.16. The molecule has 0 bridgehead atoms. The molecule has 0 radical (unpaired) electrons. The number of carbonyl (C=O) groups is 2. The van der Waals surface area contributed by atoms with Gasteiger partial charge in [-0.05, 0) is 25.5 Å². The number of pyridine rings is 1. The van der Waals surface area contributed by atoms with Crippen LogP contribution in [0.3, 0.4) is 0 Å². The van der Waals surface area contributed by atoms with Gasteiger partial charge in [-0.1, -0.05) is 6.07 Å². The molecule has 1 amide bonds. The molecule has 6 heteroatoms. The fourth-order valence-corrected chi connectivity index (χ4v) is 2.07. The van der Waals surface area contributed by atoms with Crippen LogP contribution in [0.4, 0.5) is 5.82 Å². The van der Waals surface area contributed by atoms with Crippen molar-refractivity contribution in [1.29, 1.82) is 0 Å². The molecule has 0 saturated carbocycles. The van der Waals surface area contributed by atoms with Crippen LogP contribution in [0.25, 0.3) is 0 Å². The summed E-state index contributed by atoms with van der Waals surface area (Å²) in [6, 6.07) is 4.98. The molecule has 0 aliphatic carbocycles. The van der Waals surface area contributed by atoms with E-state index in [0.29, 0.717) is 25.3 Å². The van der Waals surface area contributed by atoms with Crippen molar-refractivity contribution in [1.82, 2.24) is 4.98 Å². The van der Waals surface area contributed by atoms with Gasteiger partial charge in [0.2, 0.25) is 0 Å². The Balaban J connectivity index is 2.22. The van der Waals surface area contributed by atoms with Crippen LogP contribution in [-0.2, 0) is 4.79 Å². The summed E-state index contributed by atoms with van der Waals surface area (Å²) in [5.41, 5.74) is 4.60. The highest BCUT2D eigenvalue weighted by Gasteiger charge is 2.40. The number of carbonyl (C=O) groups excluding carboxylic acids is 1. The number of aromatic nitrogens is 1. The molecule has 3 N–H and O–H groups in total. The summed E-state index contributed by atoms with van der Waals surface area (Å²) in [6.45, 7) is 2.71. The first-order chi connectivity index (χ1) is 8.42. The monoisotopic (exact) mass is 249 g/mol. The summed E-state index contributed by atoms with van der Waals surface area (Å²) in [7, 11) is 0. The van der Waals surface area contributed by atoms with Crippen molar-refractivity contribution in [2.45, 2.75) is 13.3 Å². The number of aliphatic carboxylic acids is 1. The van der Waals surface area contributed by atoms with Crippen molar-refractivity contribution in [3.05, 3.63) is 23.9 Å². The summed E-state index contributed by atoms with van der Waals surface area (Å²) in [5.74, 6) is -0.802. The van der Waals surface area contributed by atoms with Gasteiger partial charge in [0.25, 0.3) is 5.91 Å². The van der Waals surface area contributed by atoms with Gasteiger partial charge in [0.05, 0.1) is 5.41 Å². The van der Waals surface area contributed by atoms with Crippen LogP contribution in [-0.4, -0.2) is 35.1 Å². The van der Waals surface area contributed by atoms with Gasteiger partial charge in [-0.25, -0.2) is 4.98 Å². The average molecular weight is 249 g/mol. The van der Waals surface area contributed by atoms with Crippen LogP contribution in [0.2, 0.25) is 0 Å². The van der Waals surface area contributed by atoms with Crippen molar-refractivity contribution < 1.29 is 14.7 Å². The van der Waals surface area contributed by atoms with Crippen molar-refractivity contribution in [2.24, 2.45) is 11.1 Å². The van der Waals surface area contributed by atoms with E-state index in [0.717, 1.165) is 0 Å². The van der Waals surface area contributed by atoms with Crippen molar-refractivity contribution >= 4 is 17.7 Å². The molecule has 1 fully saturated rings. The molecule has 1 aromatic heterocycles. The molecule has 1 aliphatic rings. The molecule has 1 unspecified atom stereocenters. The lowest BCUT2D eigenvalue weighted by molar-refractivity contribution is -0.146. The summed E-state index contributed by atoms with van der Waals surface area (Å²) in [6.07, 6.45) is 0.560. The van der Waals surface area contributed by atoms with Gasteiger partial charge in [-0.15, -0.1) is 0 Å². The predicted octanol–water partition coefficient (Wildman–Crippen LogP) is 0.481. The smallest absolute Gasteiger partial charge is 0.311 e. The number of nitrogens with two attached hydrogens (primary N) is 1. The van der Waals surface area contributed by atoms with Gasteiger partial charge in [0.1, 0.15) is 11.5 Å². The molecular formula is C12H15N3O3. The standard InChI is InChI=1S/C12H15N3O3/c1-12(11(17)18)5-6-15(7-12)9-4-2-3-8(14-9)10(13)16/h2-4H,5-7H2,1H3,(H2,13,16)(H,17,18). The van der Waals surface area contributed by atoms with Crippen LogP contribution in [0.1, 0.15) is 23.8 Å². The number of anilines is 1. The minimum Gasteiger partial charge on any atom is -0.481 e. The molecular weight excluding hydrogens is 234 g/mol. The Labute approximate surface area is 104 Å². The first-order valence-electron chi connectivity index (χ1n) is 5.67. The van der Waals surface area contributed by atoms with E-state index < -0.39 is 17.3 Å². The SMILES string of the molecule is CC1(C(=O)O)CCN(c2cccc(C(N)=O)n2)C1. The molecule has 1 atom stereocenters. The molecule has 96 valence electrons. The van der Waals surface area contributed by atoms with Crippen molar-refractivity contribution in [2.75, 3.05) is 18.0 Å².